The average molecular weight is 346 g/mol. The second-order valence-electron chi connectivity index (χ2n) is 7.89. The first-order valence-electron chi connectivity index (χ1n) is 9.57. The first-order valence-corrected chi connectivity index (χ1v) is 9.57. The largest absolute Gasteiger partial charge is 0.484 e. The highest BCUT2D eigenvalue weighted by Crippen LogP contribution is 2.33. The molecule has 0 radical (unpaired) electrons. The third-order valence-corrected chi connectivity index (χ3v) is 6.06. The Bertz CT molecular complexity index is 619. The van der Waals surface area contributed by atoms with Crippen molar-refractivity contribution in [2.75, 3.05) is 32.8 Å². The van der Waals surface area contributed by atoms with Gasteiger partial charge in [0, 0.05) is 38.3 Å². The molecule has 0 N–H and O–H groups in total. The van der Waals surface area contributed by atoms with Crippen molar-refractivity contribution in [3.63, 3.8) is 0 Å². The summed E-state index contributed by atoms with van der Waals surface area (Å²) in [5.74, 6) is 1.55. The number of fused-ring (bicyclic) bond motifs is 4. The number of amides is 1. The zero-order chi connectivity index (χ0) is 17.2. The Balaban J connectivity index is 1.33. The Hall–Kier alpha value is -1.62. The van der Waals surface area contributed by atoms with Gasteiger partial charge < -0.3 is 9.64 Å². The Kier molecular flexibility index (Phi) is 4.93. The minimum absolute atomic E-state index is 0.00841. The van der Waals surface area contributed by atoms with Crippen LogP contribution in [0.3, 0.4) is 0 Å². The number of piperidine rings is 1. The summed E-state index contributed by atoms with van der Waals surface area (Å²) in [6.07, 6.45) is 6.55. The van der Waals surface area contributed by atoms with Gasteiger partial charge in [-0.15, -0.1) is 0 Å². The molecular formula is C20H27FN2O2. The molecule has 5 heteroatoms. The van der Waals surface area contributed by atoms with Crippen LogP contribution in [0.1, 0.15) is 32.1 Å². The van der Waals surface area contributed by atoms with Gasteiger partial charge in [0.05, 0.1) is 0 Å². The van der Waals surface area contributed by atoms with Crippen LogP contribution in [-0.4, -0.2) is 54.5 Å². The lowest BCUT2D eigenvalue weighted by Crippen LogP contribution is -2.47. The number of nitrogens with zero attached hydrogens (tertiary/aromatic N) is 2. The van der Waals surface area contributed by atoms with E-state index in [1.165, 1.54) is 50.8 Å². The summed E-state index contributed by atoms with van der Waals surface area (Å²) in [6, 6.07) is 6.47. The molecule has 0 unspecified atom stereocenters. The molecule has 4 nitrogen and oxygen atoms in total. The van der Waals surface area contributed by atoms with Gasteiger partial charge in [-0.05, 0) is 49.7 Å². The first-order chi connectivity index (χ1) is 12.2. The average Bonchev–Trinajstić information content (AvgIpc) is 2.88. The molecule has 4 aliphatic rings. The Morgan fingerprint density at radius 1 is 1.16 bits per heavy atom. The predicted octanol–water partition coefficient (Wildman–Crippen LogP) is 2.93. The second kappa shape index (κ2) is 7.32. The SMILES string of the molecule is O=C(COc1cccc(F)c1)N1C[C@@H]2CC[C@H](C1)N(CC1CCC1)C2. The third-order valence-electron chi connectivity index (χ3n) is 6.06. The summed E-state index contributed by atoms with van der Waals surface area (Å²) in [5, 5.41) is 0. The van der Waals surface area contributed by atoms with Crippen LogP contribution in [0, 0.1) is 17.7 Å². The lowest BCUT2D eigenvalue weighted by atomic mass is 9.83. The third kappa shape index (κ3) is 3.97. The Morgan fingerprint density at radius 3 is 2.80 bits per heavy atom. The van der Waals surface area contributed by atoms with Crippen LogP contribution in [0.15, 0.2) is 24.3 Å². The lowest BCUT2D eigenvalue weighted by molar-refractivity contribution is -0.133. The number of ether oxygens (including phenoxy) is 1. The molecule has 5 rings (SSSR count). The number of carbonyl (C=O) groups excluding carboxylic acids is 1. The van der Waals surface area contributed by atoms with E-state index in [0.29, 0.717) is 17.7 Å². The maximum atomic E-state index is 13.2. The molecular weight excluding hydrogens is 319 g/mol. The molecule has 1 amide bonds. The second-order valence-corrected chi connectivity index (χ2v) is 7.89. The van der Waals surface area contributed by atoms with E-state index < -0.39 is 0 Å². The summed E-state index contributed by atoms with van der Waals surface area (Å²) in [6.45, 7) is 3.99. The maximum Gasteiger partial charge on any atom is 0.260 e. The summed E-state index contributed by atoms with van der Waals surface area (Å²) >= 11 is 0. The number of halogens is 1. The quantitative estimate of drug-likeness (QED) is 0.822. The normalized spacial score (nSPS) is 27.0. The Labute approximate surface area is 148 Å². The molecule has 1 aromatic carbocycles. The van der Waals surface area contributed by atoms with Gasteiger partial charge in [-0.3, -0.25) is 9.69 Å². The molecule has 25 heavy (non-hydrogen) atoms. The lowest BCUT2D eigenvalue weighted by Gasteiger charge is -2.40. The van der Waals surface area contributed by atoms with E-state index >= 15 is 0 Å². The minimum atomic E-state index is -0.343. The van der Waals surface area contributed by atoms with Gasteiger partial charge in [0.2, 0.25) is 0 Å². The molecule has 3 heterocycles. The standard InChI is InChI=1S/C20H27FN2O2/c21-17-5-2-6-19(9-17)25-14-20(24)23-12-16-7-8-18(13-23)22(11-16)10-15-3-1-4-15/h2,5-6,9,15-16,18H,1,3-4,7-8,10-14H2/t16-,18-/m1/s1. The van der Waals surface area contributed by atoms with Crippen molar-refractivity contribution in [3.8, 4) is 5.75 Å². The van der Waals surface area contributed by atoms with Crippen LogP contribution in [0.5, 0.6) is 5.75 Å². The zero-order valence-electron chi connectivity index (χ0n) is 14.7. The molecule has 0 spiro atoms. The van der Waals surface area contributed by atoms with E-state index in [4.69, 9.17) is 4.74 Å². The van der Waals surface area contributed by atoms with Crippen LogP contribution in [0.4, 0.5) is 4.39 Å². The van der Waals surface area contributed by atoms with Crippen molar-refractivity contribution in [3.05, 3.63) is 30.1 Å². The van der Waals surface area contributed by atoms with Crippen LogP contribution < -0.4 is 4.74 Å². The van der Waals surface area contributed by atoms with Crippen LogP contribution in [0.2, 0.25) is 0 Å². The highest BCUT2D eigenvalue weighted by atomic mass is 19.1. The smallest absolute Gasteiger partial charge is 0.260 e. The minimum Gasteiger partial charge on any atom is -0.484 e. The van der Waals surface area contributed by atoms with E-state index in [-0.39, 0.29) is 18.3 Å². The van der Waals surface area contributed by atoms with Gasteiger partial charge in [0.25, 0.3) is 5.91 Å². The van der Waals surface area contributed by atoms with E-state index in [1.807, 2.05) is 4.90 Å². The van der Waals surface area contributed by atoms with Gasteiger partial charge in [-0.25, -0.2) is 4.39 Å². The summed E-state index contributed by atoms with van der Waals surface area (Å²) in [5.41, 5.74) is 0. The van der Waals surface area contributed by atoms with Gasteiger partial charge in [0.1, 0.15) is 11.6 Å². The molecule has 136 valence electrons. The number of hydrogen-bond acceptors (Lipinski definition) is 3. The molecule has 1 saturated carbocycles. The van der Waals surface area contributed by atoms with Gasteiger partial charge in [-0.2, -0.15) is 0 Å². The molecule has 3 saturated heterocycles. The number of hydrogen-bond donors (Lipinski definition) is 0. The topological polar surface area (TPSA) is 32.8 Å². The fourth-order valence-electron chi connectivity index (χ4n) is 4.41. The van der Waals surface area contributed by atoms with E-state index in [1.54, 1.807) is 12.1 Å². The van der Waals surface area contributed by atoms with E-state index in [2.05, 4.69) is 4.90 Å². The van der Waals surface area contributed by atoms with Crippen LogP contribution >= 0.6 is 0 Å². The van der Waals surface area contributed by atoms with Crippen molar-refractivity contribution < 1.29 is 13.9 Å². The predicted molar refractivity (Wildman–Crippen MR) is 93.9 cm³/mol. The molecule has 4 fully saturated rings. The maximum absolute atomic E-state index is 13.2. The highest BCUT2D eigenvalue weighted by Gasteiger charge is 2.37. The van der Waals surface area contributed by atoms with Crippen LogP contribution in [0.25, 0.3) is 0 Å². The number of rotatable bonds is 5. The van der Waals surface area contributed by atoms with Crippen molar-refractivity contribution >= 4 is 5.91 Å². The summed E-state index contributed by atoms with van der Waals surface area (Å²) < 4.78 is 18.7. The van der Waals surface area contributed by atoms with Gasteiger partial charge >= 0.3 is 0 Å². The van der Waals surface area contributed by atoms with Crippen molar-refractivity contribution in [1.29, 1.82) is 0 Å². The molecule has 2 atom stereocenters. The summed E-state index contributed by atoms with van der Waals surface area (Å²) in [7, 11) is 0. The fourth-order valence-corrected chi connectivity index (χ4v) is 4.41. The van der Waals surface area contributed by atoms with Gasteiger partial charge in [-0.1, -0.05) is 12.5 Å². The highest BCUT2D eigenvalue weighted by molar-refractivity contribution is 5.78. The molecule has 2 bridgehead atoms. The zero-order valence-corrected chi connectivity index (χ0v) is 14.7. The fraction of sp³-hybridized carbons (Fsp3) is 0.650. The van der Waals surface area contributed by atoms with E-state index in [9.17, 15) is 9.18 Å². The Morgan fingerprint density at radius 2 is 2.04 bits per heavy atom. The van der Waals surface area contributed by atoms with E-state index in [0.717, 1.165) is 25.6 Å². The van der Waals surface area contributed by atoms with Crippen molar-refractivity contribution in [2.24, 2.45) is 11.8 Å². The molecule has 0 aromatic heterocycles. The molecule has 1 aliphatic carbocycles. The number of benzene rings is 1. The molecule has 1 aromatic rings. The monoisotopic (exact) mass is 346 g/mol. The number of carbonyl (C=O) groups is 1. The summed E-state index contributed by atoms with van der Waals surface area (Å²) in [4.78, 5) is 17.2. The van der Waals surface area contributed by atoms with Gasteiger partial charge in [0.15, 0.2) is 6.61 Å². The van der Waals surface area contributed by atoms with Crippen molar-refractivity contribution in [2.45, 2.75) is 38.1 Å². The van der Waals surface area contributed by atoms with Crippen molar-refractivity contribution in [1.82, 2.24) is 9.80 Å². The van der Waals surface area contributed by atoms with Crippen LogP contribution in [-0.2, 0) is 4.79 Å². The molecule has 3 aliphatic heterocycles. The first kappa shape index (κ1) is 16.8.